The summed E-state index contributed by atoms with van der Waals surface area (Å²) >= 11 is 6.10. The number of hydrogen-bond acceptors (Lipinski definition) is 2. The van der Waals surface area contributed by atoms with Crippen molar-refractivity contribution >= 4 is 21.6 Å². The number of nitrogens with zero attached hydrogens (tertiary/aromatic N) is 2. The lowest BCUT2D eigenvalue weighted by Crippen LogP contribution is -2.38. The van der Waals surface area contributed by atoms with Crippen LogP contribution in [0.5, 0.6) is 0 Å². The van der Waals surface area contributed by atoms with E-state index in [4.69, 9.17) is 11.6 Å². The van der Waals surface area contributed by atoms with E-state index in [2.05, 4.69) is 4.57 Å². The summed E-state index contributed by atoms with van der Waals surface area (Å²) in [5, 5.41) is 0.694. The Kier molecular flexibility index (Phi) is 6.60. The molecule has 1 aromatic heterocycles. The number of halogens is 1. The van der Waals surface area contributed by atoms with Gasteiger partial charge < -0.3 is 4.57 Å². The standard InChI is InChI=1S/C22H25ClN2O2S/c1-3-18(2)25(28(26,27)22-12-5-4-6-13-22)17-21-11-8-14-24(21)16-19-9-7-10-20(23)15-19/h4-15,18H,3,16-17H2,1-2H3. The average Bonchev–Trinajstić information content (AvgIpc) is 3.13. The molecular formula is C22H25ClN2O2S. The molecule has 0 saturated carbocycles. The molecule has 148 valence electrons. The molecule has 0 radical (unpaired) electrons. The third kappa shape index (κ3) is 4.66. The molecule has 1 unspecified atom stereocenters. The van der Waals surface area contributed by atoms with Crippen molar-refractivity contribution in [2.45, 2.75) is 44.3 Å². The third-order valence-corrected chi connectivity index (χ3v) is 7.12. The SMILES string of the molecule is CCC(C)N(Cc1cccn1Cc1cccc(Cl)c1)S(=O)(=O)c1ccccc1. The van der Waals surface area contributed by atoms with Gasteiger partial charge in [-0.1, -0.05) is 48.9 Å². The zero-order valence-electron chi connectivity index (χ0n) is 16.1. The van der Waals surface area contributed by atoms with E-state index >= 15 is 0 Å². The number of sulfonamides is 1. The first-order valence-corrected chi connectivity index (χ1v) is 11.2. The molecule has 28 heavy (non-hydrogen) atoms. The molecule has 0 aliphatic rings. The van der Waals surface area contributed by atoms with Crippen LogP contribution in [0.25, 0.3) is 0 Å². The number of hydrogen-bond donors (Lipinski definition) is 0. The van der Waals surface area contributed by atoms with Gasteiger partial charge in [-0.25, -0.2) is 8.42 Å². The van der Waals surface area contributed by atoms with Crippen molar-refractivity contribution in [3.8, 4) is 0 Å². The fourth-order valence-corrected chi connectivity index (χ4v) is 5.06. The van der Waals surface area contributed by atoms with Crippen molar-refractivity contribution in [1.82, 2.24) is 8.87 Å². The van der Waals surface area contributed by atoms with Gasteiger partial charge in [-0.05, 0) is 55.3 Å². The maximum Gasteiger partial charge on any atom is 0.243 e. The van der Waals surface area contributed by atoms with Gasteiger partial charge in [0.25, 0.3) is 0 Å². The summed E-state index contributed by atoms with van der Waals surface area (Å²) in [6.07, 6.45) is 2.71. The van der Waals surface area contributed by atoms with Gasteiger partial charge in [0, 0.05) is 29.5 Å². The summed E-state index contributed by atoms with van der Waals surface area (Å²) in [4.78, 5) is 0.322. The van der Waals surface area contributed by atoms with E-state index in [9.17, 15) is 8.42 Å². The Labute approximate surface area is 172 Å². The lowest BCUT2D eigenvalue weighted by atomic mass is 10.2. The van der Waals surface area contributed by atoms with Gasteiger partial charge in [-0.3, -0.25) is 0 Å². The van der Waals surface area contributed by atoms with Crippen LogP contribution < -0.4 is 0 Å². The minimum atomic E-state index is -3.59. The molecule has 1 heterocycles. The van der Waals surface area contributed by atoms with Crippen LogP contribution in [0, 0.1) is 0 Å². The van der Waals surface area contributed by atoms with Gasteiger partial charge in [-0.15, -0.1) is 0 Å². The second-order valence-corrected chi connectivity index (χ2v) is 9.20. The second kappa shape index (κ2) is 8.95. The van der Waals surface area contributed by atoms with Crippen LogP contribution >= 0.6 is 11.6 Å². The van der Waals surface area contributed by atoms with Crippen LogP contribution in [0.4, 0.5) is 0 Å². The lowest BCUT2D eigenvalue weighted by molar-refractivity contribution is 0.316. The third-order valence-electron chi connectivity index (χ3n) is 4.92. The Morgan fingerprint density at radius 2 is 1.79 bits per heavy atom. The van der Waals surface area contributed by atoms with Crippen molar-refractivity contribution < 1.29 is 8.42 Å². The van der Waals surface area contributed by atoms with Crippen molar-refractivity contribution in [3.63, 3.8) is 0 Å². The Morgan fingerprint density at radius 3 is 2.46 bits per heavy atom. The molecule has 3 rings (SSSR count). The molecule has 3 aromatic rings. The van der Waals surface area contributed by atoms with Gasteiger partial charge in [0.2, 0.25) is 10.0 Å². The molecule has 0 N–H and O–H groups in total. The van der Waals surface area contributed by atoms with Gasteiger partial charge in [0.1, 0.15) is 0 Å². The quantitative estimate of drug-likeness (QED) is 0.507. The summed E-state index contributed by atoms with van der Waals surface area (Å²) in [6, 6.07) is 20.2. The van der Waals surface area contributed by atoms with Gasteiger partial charge in [-0.2, -0.15) is 4.31 Å². The van der Waals surface area contributed by atoms with Crippen LogP contribution in [0.15, 0.2) is 77.8 Å². The van der Waals surface area contributed by atoms with E-state index in [0.29, 0.717) is 23.0 Å². The predicted molar refractivity (Wildman–Crippen MR) is 114 cm³/mol. The lowest BCUT2D eigenvalue weighted by Gasteiger charge is -2.28. The highest BCUT2D eigenvalue weighted by molar-refractivity contribution is 7.89. The van der Waals surface area contributed by atoms with Gasteiger partial charge >= 0.3 is 0 Å². The van der Waals surface area contributed by atoms with Crippen LogP contribution in [-0.2, 0) is 23.1 Å². The number of rotatable bonds is 8. The fraction of sp³-hybridized carbons (Fsp3) is 0.273. The number of aromatic nitrogens is 1. The van der Waals surface area contributed by atoms with Gasteiger partial charge in [0.05, 0.1) is 11.4 Å². The van der Waals surface area contributed by atoms with Gasteiger partial charge in [0.15, 0.2) is 0 Å². The highest BCUT2D eigenvalue weighted by Crippen LogP contribution is 2.23. The Bertz CT molecular complexity index is 1020. The van der Waals surface area contributed by atoms with E-state index < -0.39 is 10.0 Å². The highest BCUT2D eigenvalue weighted by Gasteiger charge is 2.29. The summed E-state index contributed by atoms with van der Waals surface area (Å²) in [6.45, 7) is 4.91. The zero-order valence-corrected chi connectivity index (χ0v) is 17.7. The van der Waals surface area contributed by atoms with E-state index in [0.717, 1.165) is 17.7 Å². The van der Waals surface area contributed by atoms with Crippen LogP contribution in [0.2, 0.25) is 5.02 Å². The van der Waals surface area contributed by atoms with Crippen molar-refractivity contribution in [2.75, 3.05) is 0 Å². The molecule has 0 aliphatic carbocycles. The fourth-order valence-electron chi connectivity index (χ4n) is 3.15. The first-order chi connectivity index (χ1) is 13.4. The minimum absolute atomic E-state index is 0.111. The molecule has 0 spiro atoms. The van der Waals surface area contributed by atoms with Crippen LogP contribution in [0.1, 0.15) is 31.5 Å². The predicted octanol–water partition coefficient (Wildman–Crippen LogP) is 5.18. The molecule has 6 heteroatoms. The number of benzene rings is 2. The second-order valence-electron chi connectivity index (χ2n) is 6.88. The van der Waals surface area contributed by atoms with Crippen molar-refractivity contribution in [2.24, 2.45) is 0 Å². The maximum absolute atomic E-state index is 13.3. The molecular weight excluding hydrogens is 392 g/mol. The normalized spacial score (nSPS) is 13.0. The summed E-state index contributed by atoms with van der Waals surface area (Å²) < 4.78 is 30.2. The summed E-state index contributed by atoms with van der Waals surface area (Å²) in [5.41, 5.74) is 2.02. The molecule has 0 amide bonds. The summed E-state index contributed by atoms with van der Waals surface area (Å²) in [5.74, 6) is 0. The smallest absolute Gasteiger partial charge is 0.243 e. The molecule has 1 atom stereocenters. The first kappa shape index (κ1) is 20.6. The Balaban J connectivity index is 1.90. The van der Waals surface area contributed by atoms with E-state index in [1.54, 1.807) is 28.6 Å². The highest BCUT2D eigenvalue weighted by atomic mass is 35.5. The first-order valence-electron chi connectivity index (χ1n) is 9.37. The molecule has 2 aromatic carbocycles. The largest absolute Gasteiger partial charge is 0.346 e. The summed E-state index contributed by atoms with van der Waals surface area (Å²) in [7, 11) is -3.59. The minimum Gasteiger partial charge on any atom is -0.346 e. The molecule has 0 fully saturated rings. The van der Waals surface area contributed by atoms with E-state index in [1.165, 1.54) is 0 Å². The zero-order chi connectivity index (χ0) is 20.1. The molecule has 0 aliphatic heterocycles. The maximum atomic E-state index is 13.3. The van der Waals surface area contributed by atoms with Crippen molar-refractivity contribution in [1.29, 1.82) is 0 Å². The molecule has 0 saturated heterocycles. The van der Waals surface area contributed by atoms with Crippen LogP contribution in [-0.4, -0.2) is 23.3 Å². The monoisotopic (exact) mass is 416 g/mol. The Hall–Kier alpha value is -2.08. The average molecular weight is 417 g/mol. The van der Waals surface area contributed by atoms with E-state index in [-0.39, 0.29) is 6.04 Å². The Morgan fingerprint density at radius 1 is 1.04 bits per heavy atom. The topological polar surface area (TPSA) is 42.3 Å². The van der Waals surface area contributed by atoms with Crippen molar-refractivity contribution in [3.05, 3.63) is 89.2 Å². The molecule has 0 bridgehead atoms. The van der Waals surface area contributed by atoms with E-state index in [1.807, 2.05) is 62.5 Å². The molecule has 4 nitrogen and oxygen atoms in total. The van der Waals surface area contributed by atoms with Crippen LogP contribution in [0.3, 0.4) is 0 Å².